The number of pyridine rings is 4. The number of hydrogen-bond acceptors (Lipinski definition) is 8. The molecule has 0 amide bonds. The molecule has 14 aromatic rings. The van der Waals surface area contributed by atoms with Gasteiger partial charge in [-0.05, 0) is 185 Å². The fraction of sp³-hybridized carbons (Fsp3) is 0.182. The van der Waals surface area contributed by atoms with Gasteiger partial charge in [-0.3, -0.25) is 9.88 Å². The third-order valence-corrected chi connectivity index (χ3v) is 18.1. The van der Waals surface area contributed by atoms with Gasteiger partial charge in [-0.15, -0.1) is 29.0 Å². The first-order chi connectivity index (χ1) is 45.9. The first kappa shape index (κ1) is 66.7. The van der Waals surface area contributed by atoms with Gasteiger partial charge in [0.15, 0.2) is 0 Å². The van der Waals surface area contributed by atoms with Crippen molar-refractivity contribution in [2.75, 3.05) is 9.80 Å². The largest absolute Gasteiger partial charge is 0.507 e. The van der Waals surface area contributed by atoms with Crippen molar-refractivity contribution in [3.63, 3.8) is 0 Å². The van der Waals surface area contributed by atoms with Crippen molar-refractivity contribution in [2.24, 2.45) is 0 Å². The molecule has 10 aromatic carbocycles. The number of para-hydroxylation sites is 4. The minimum Gasteiger partial charge on any atom is -0.507 e. The molecule has 0 saturated heterocycles. The van der Waals surface area contributed by atoms with Gasteiger partial charge >= 0.3 is 0 Å². The van der Waals surface area contributed by atoms with E-state index in [-0.39, 0.29) is 54.2 Å². The second-order valence-electron chi connectivity index (χ2n) is 29.1. The first-order valence-corrected chi connectivity index (χ1v) is 33.0. The Balaban J connectivity index is 0.000000183. The minimum atomic E-state index is -0.0406. The summed E-state index contributed by atoms with van der Waals surface area (Å²) in [7, 11) is 0. The number of nitrogens with zero attached hydrogens (tertiary/aromatic N) is 6. The summed E-state index contributed by atoms with van der Waals surface area (Å²) in [5.41, 5.74) is 17.8. The molecule has 0 aliphatic carbocycles. The van der Waals surface area contributed by atoms with E-state index in [4.69, 9.17) is 19.9 Å². The summed E-state index contributed by atoms with van der Waals surface area (Å²) in [5.74, 6) is 2.04. The van der Waals surface area contributed by atoms with Crippen LogP contribution in [0.15, 0.2) is 261 Å². The van der Waals surface area contributed by atoms with Gasteiger partial charge in [-0.1, -0.05) is 223 Å². The normalized spacial score (nSPS) is 11.9. The van der Waals surface area contributed by atoms with Crippen LogP contribution in [0.3, 0.4) is 0 Å². The first-order valence-electron chi connectivity index (χ1n) is 33.0. The molecule has 0 aliphatic heterocycles. The number of aromatic hydroxyl groups is 2. The molecule has 0 bridgehead atoms. The van der Waals surface area contributed by atoms with Gasteiger partial charge in [0, 0.05) is 72.4 Å². The van der Waals surface area contributed by atoms with Crippen molar-refractivity contribution >= 4 is 77.7 Å². The van der Waals surface area contributed by atoms with Gasteiger partial charge in [0.05, 0.1) is 16.9 Å². The third kappa shape index (κ3) is 13.9. The Morgan fingerprint density at radius 3 is 1.20 bits per heavy atom. The zero-order chi connectivity index (χ0) is 67.3. The van der Waals surface area contributed by atoms with Crippen molar-refractivity contribution in [3.05, 3.63) is 289 Å². The number of rotatable bonds is 10. The Hall–Kier alpha value is -10.3. The smallest absolute Gasteiger partial charge is 0.137 e. The number of anilines is 6. The van der Waals surface area contributed by atoms with Crippen molar-refractivity contribution in [1.82, 2.24) is 19.9 Å². The number of phenolic OH excluding ortho intramolecular Hbond substituents is 2. The molecular formula is C88H81N6O2Pt-. The number of aromatic nitrogens is 4. The van der Waals surface area contributed by atoms with Crippen LogP contribution in [0, 0.1) is 6.07 Å². The summed E-state index contributed by atoms with van der Waals surface area (Å²) in [6.45, 7) is 27.2. The fourth-order valence-electron chi connectivity index (χ4n) is 12.5. The van der Waals surface area contributed by atoms with E-state index in [9.17, 15) is 10.2 Å². The third-order valence-electron chi connectivity index (χ3n) is 18.1. The molecule has 9 heteroatoms. The van der Waals surface area contributed by atoms with Crippen molar-refractivity contribution in [1.29, 1.82) is 0 Å². The Kier molecular flexibility index (Phi) is 18.4. The van der Waals surface area contributed by atoms with Crippen LogP contribution in [0.5, 0.6) is 11.5 Å². The minimum absolute atomic E-state index is 0. The Bertz CT molecular complexity index is 4720. The average Bonchev–Trinajstić information content (AvgIpc) is 0.750. The average molecular weight is 1450 g/mol. The van der Waals surface area contributed by atoms with Gasteiger partial charge in [-0.2, -0.15) is 0 Å². The molecule has 0 radical (unpaired) electrons. The number of benzene rings is 10. The molecule has 8 nitrogen and oxygen atoms in total. The van der Waals surface area contributed by atoms with Gasteiger partial charge in [0.2, 0.25) is 0 Å². The van der Waals surface area contributed by atoms with Gasteiger partial charge in [0.25, 0.3) is 0 Å². The quantitative estimate of drug-likeness (QED) is 0.103. The number of phenols is 2. The maximum Gasteiger partial charge on any atom is 0.137 e. The van der Waals surface area contributed by atoms with E-state index in [0.29, 0.717) is 16.8 Å². The Morgan fingerprint density at radius 2 is 0.732 bits per heavy atom. The van der Waals surface area contributed by atoms with Crippen molar-refractivity contribution in [3.8, 4) is 56.3 Å². The molecule has 0 aliphatic rings. The monoisotopic (exact) mass is 1450 g/mol. The topological polar surface area (TPSA) is 98.5 Å². The zero-order valence-corrected chi connectivity index (χ0v) is 59.5. The molecule has 97 heavy (non-hydrogen) atoms. The maximum atomic E-state index is 11.0. The Labute approximate surface area is 585 Å². The van der Waals surface area contributed by atoms with Crippen LogP contribution < -0.4 is 9.80 Å². The zero-order valence-electron chi connectivity index (χ0n) is 57.2. The second kappa shape index (κ2) is 26.7. The van der Waals surface area contributed by atoms with Crippen molar-refractivity contribution < 1.29 is 31.3 Å². The van der Waals surface area contributed by atoms with Crippen molar-refractivity contribution in [2.45, 2.75) is 105 Å². The molecule has 0 saturated carbocycles. The summed E-state index contributed by atoms with van der Waals surface area (Å²) < 4.78 is 0. The summed E-state index contributed by atoms with van der Waals surface area (Å²) in [6.07, 6.45) is 3.64. The van der Waals surface area contributed by atoms with Gasteiger partial charge < -0.3 is 15.1 Å². The molecule has 2 N–H and O–H groups in total. The molecular weight excluding hydrogens is 1370 g/mol. The molecule has 0 fully saturated rings. The Morgan fingerprint density at radius 1 is 0.330 bits per heavy atom. The molecule has 4 heterocycles. The van der Waals surface area contributed by atoms with E-state index in [0.717, 1.165) is 106 Å². The van der Waals surface area contributed by atoms with E-state index in [1.807, 2.05) is 122 Å². The van der Waals surface area contributed by atoms with E-state index < -0.39 is 0 Å². The van der Waals surface area contributed by atoms with E-state index in [1.165, 1.54) is 22.3 Å². The van der Waals surface area contributed by atoms with E-state index in [2.05, 4.69) is 226 Å². The van der Waals surface area contributed by atoms with E-state index in [1.54, 1.807) is 12.1 Å². The molecule has 0 unspecified atom stereocenters. The summed E-state index contributed by atoms with van der Waals surface area (Å²) in [5, 5.41) is 28.2. The van der Waals surface area contributed by atoms with Gasteiger partial charge in [-0.25, -0.2) is 15.0 Å². The predicted octanol–water partition coefficient (Wildman–Crippen LogP) is 23.6. The van der Waals surface area contributed by atoms with Crippen LogP contribution in [0.25, 0.3) is 88.1 Å². The molecule has 4 aromatic heterocycles. The maximum absolute atomic E-state index is 11.0. The number of hydrogen-bond donors (Lipinski definition) is 2. The van der Waals surface area contributed by atoms with Crippen LogP contribution in [0.4, 0.5) is 34.4 Å². The summed E-state index contributed by atoms with van der Waals surface area (Å²) >= 11 is 0. The predicted molar refractivity (Wildman–Crippen MR) is 402 cm³/mol. The number of fused-ring (bicyclic) bond motifs is 6. The van der Waals surface area contributed by atoms with Gasteiger partial charge in [0.1, 0.15) is 23.1 Å². The van der Waals surface area contributed by atoms with Crippen LogP contribution in [0.1, 0.15) is 105 Å². The standard InChI is InChI=1S/C44H41N3O.C44H40N3O.Pt/c2*1-43(2,3)31-24-30(25-32(26-31)44(4,5)6)37-28-39(36-16-10-11-17-40(36)48)46-42-35(37)22-20-29-19-21-34(27-38(29)42)47(33-14-8-7-9-15-33)41-18-12-13-23-45-41;/h7-28,48H,1-6H3;7-26,28,48H,1-6H3;/q;-1;. The summed E-state index contributed by atoms with van der Waals surface area (Å²) in [4.78, 5) is 24.3. The molecule has 486 valence electrons. The SMILES string of the molecule is CC(C)(C)c1cc(-c2cc(-c3ccccc3O)nc3c2ccc2ccc(N(c4ccccc4)c4ccccn4)[c-]c23)cc(C(C)(C)C)c1.CC(C)(C)c1cc(-c2cc(-c3ccccc3O)nc3c2ccc2ccc(N(c4ccccc4)c4ccccn4)cc23)cc(C(C)(C)C)c1.[Pt]. The summed E-state index contributed by atoms with van der Waals surface area (Å²) in [6, 6.07) is 88.9. The van der Waals surface area contributed by atoms with Crippen LogP contribution in [-0.2, 0) is 42.7 Å². The van der Waals surface area contributed by atoms with E-state index >= 15 is 0 Å². The van der Waals surface area contributed by atoms with Crippen LogP contribution >= 0.6 is 0 Å². The molecule has 0 atom stereocenters. The fourth-order valence-corrected chi connectivity index (χ4v) is 12.5. The van der Waals surface area contributed by atoms with Crippen LogP contribution in [-0.4, -0.2) is 30.1 Å². The molecule has 0 spiro atoms. The molecule has 14 rings (SSSR count). The van der Waals surface area contributed by atoms with Crippen LogP contribution in [0.2, 0.25) is 0 Å². The second-order valence-corrected chi connectivity index (χ2v) is 29.1.